The van der Waals surface area contributed by atoms with Crippen LogP contribution in [0.25, 0.3) is 0 Å². The van der Waals surface area contributed by atoms with E-state index in [1.807, 2.05) is 36.4 Å². The van der Waals surface area contributed by atoms with Crippen LogP contribution < -0.4 is 15.0 Å². The predicted molar refractivity (Wildman–Crippen MR) is 123 cm³/mol. The molecule has 1 spiro atoms. The fourth-order valence-corrected chi connectivity index (χ4v) is 5.35. The molecule has 2 heterocycles. The molecule has 1 aliphatic carbocycles. The molecule has 1 atom stereocenters. The molecular weight excluding hydrogens is 404 g/mol. The number of amides is 3. The first-order chi connectivity index (χ1) is 15.6. The van der Waals surface area contributed by atoms with Gasteiger partial charge in [0.15, 0.2) is 0 Å². The Hall–Kier alpha value is -3.06. The van der Waals surface area contributed by atoms with E-state index in [1.165, 1.54) is 4.90 Å². The van der Waals surface area contributed by atoms with Gasteiger partial charge in [-0.1, -0.05) is 36.4 Å². The second kappa shape index (κ2) is 8.47. The Morgan fingerprint density at radius 1 is 0.969 bits per heavy atom. The number of para-hydroxylation sites is 2. The number of ether oxygens (including phenoxy) is 1. The van der Waals surface area contributed by atoms with Crippen LogP contribution in [0.1, 0.15) is 24.0 Å². The van der Waals surface area contributed by atoms with Gasteiger partial charge in [-0.15, -0.1) is 0 Å². The normalized spacial score (nSPS) is 23.0. The van der Waals surface area contributed by atoms with Crippen molar-refractivity contribution in [2.24, 2.45) is 0 Å². The van der Waals surface area contributed by atoms with Crippen LogP contribution in [-0.4, -0.2) is 68.1 Å². The van der Waals surface area contributed by atoms with Crippen LogP contribution in [-0.2, 0) is 16.8 Å². The van der Waals surface area contributed by atoms with E-state index in [-0.39, 0.29) is 11.9 Å². The molecule has 2 aromatic carbocycles. The second-order valence-corrected chi connectivity index (χ2v) is 8.80. The lowest BCUT2D eigenvalue weighted by molar-refractivity contribution is -0.131. The number of fused-ring (bicyclic) bond motifs is 2. The lowest BCUT2D eigenvalue weighted by Crippen LogP contribution is -2.47. The standard InChI is InChI=1S/C25H30N4O3/c1-32-22-10-5-4-9-21(22)28-17-15-27(16-18-28)13-6-14-29-23(30)25(26-24(29)31)12-11-19-7-2-3-8-20(19)25/h2-5,7-10H,6,11-18H2,1H3,(H,26,31). The predicted octanol–water partition coefficient (Wildman–Crippen LogP) is 2.60. The molecule has 3 amide bonds. The zero-order valence-corrected chi connectivity index (χ0v) is 18.5. The molecule has 7 nitrogen and oxygen atoms in total. The summed E-state index contributed by atoms with van der Waals surface area (Å²) < 4.78 is 5.50. The summed E-state index contributed by atoms with van der Waals surface area (Å²) in [6, 6.07) is 15.8. The molecule has 2 aliphatic heterocycles. The van der Waals surface area contributed by atoms with Crippen molar-refractivity contribution in [1.29, 1.82) is 0 Å². The maximum absolute atomic E-state index is 13.3. The van der Waals surface area contributed by atoms with Crippen molar-refractivity contribution in [2.45, 2.75) is 24.8 Å². The van der Waals surface area contributed by atoms with E-state index in [9.17, 15) is 9.59 Å². The SMILES string of the molecule is COc1ccccc1N1CCN(CCCN2C(=O)NC3(CCc4ccccc43)C2=O)CC1. The molecule has 0 aromatic heterocycles. The van der Waals surface area contributed by atoms with Gasteiger partial charge in [-0.3, -0.25) is 14.6 Å². The third-order valence-electron chi connectivity index (χ3n) is 7.08. The first-order valence-electron chi connectivity index (χ1n) is 11.5. The molecule has 1 unspecified atom stereocenters. The van der Waals surface area contributed by atoms with Crippen LogP contribution in [0.15, 0.2) is 48.5 Å². The van der Waals surface area contributed by atoms with Gasteiger partial charge in [-0.05, 0) is 49.1 Å². The smallest absolute Gasteiger partial charge is 0.325 e. The molecule has 2 saturated heterocycles. The highest BCUT2D eigenvalue weighted by molar-refractivity contribution is 6.08. The van der Waals surface area contributed by atoms with Gasteiger partial charge in [-0.2, -0.15) is 0 Å². The van der Waals surface area contributed by atoms with E-state index in [2.05, 4.69) is 27.2 Å². The first-order valence-corrected chi connectivity index (χ1v) is 11.5. The van der Waals surface area contributed by atoms with E-state index < -0.39 is 5.54 Å². The summed E-state index contributed by atoms with van der Waals surface area (Å²) >= 11 is 0. The number of nitrogens with one attached hydrogen (secondary N) is 1. The molecule has 2 fully saturated rings. The average Bonchev–Trinajstić information content (AvgIpc) is 3.32. The van der Waals surface area contributed by atoms with Crippen molar-refractivity contribution in [3.8, 4) is 5.75 Å². The highest BCUT2D eigenvalue weighted by Gasteiger charge is 2.54. The highest BCUT2D eigenvalue weighted by atomic mass is 16.5. The summed E-state index contributed by atoms with van der Waals surface area (Å²) in [5.74, 6) is 0.815. The van der Waals surface area contributed by atoms with Crippen molar-refractivity contribution >= 4 is 17.6 Å². The zero-order valence-electron chi connectivity index (χ0n) is 18.5. The van der Waals surface area contributed by atoms with Gasteiger partial charge in [0.1, 0.15) is 11.3 Å². The Morgan fingerprint density at radius 3 is 2.53 bits per heavy atom. The van der Waals surface area contributed by atoms with E-state index in [0.29, 0.717) is 13.0 Å². The first kappa shape index (κ1) is 20.8. The lowest BCUT2D eigenvalue weighted by atomic mass is 9.92. The molecule has 7 heteroatoms. The van der Waals surface area contributed by atoms with Gasteiger partial charge < -0.3 is 15.0 Å². The summed E-state index contributed by atoms with van der Waals surface area (Å²) in [5, 5.41) is 3.01. The molecular formula is C25H30N4O3. The van der Waals surface area contributed by atoms with E-state index in [1.54, 1.807) is 7.11 Å². The molecule has 168 valence electrons. The number of urea groups is 1. The molecule has 0 radical (unpaired) electrons. The highest BCUT2D eigenvalue weighted by Crippen LogP contribution is 2.41. The largest absolute Gasteiger partial charge is 0.495 e. The fraction of sp³-hybridized carbons (Fsp3) is 0.440. The van der Waals surface area contributed by atoms with Crippen molar-refractivity contribution in [2.75, 3.05) is 51.3 Å². The van der Waals surface area contributed by atoms with Crippen molar-refractivity contribution < 1.29 is 14.3 Å². The number of anilines is 1. The average molecular weight is 435 g/mol. The Morgan fingerprint density at radius 2 is 1.72 bits per heavy atom. The van der Waals surface area contributed by atoms with Gasteiger partial charge >= 0.3 is 6.03 Å². The van der Waals surface area contributed by atoms with E-state index in [4.69, 9.17) is 4.74 Å². The third kappa shape index (κ3) is 3.50. The van der Waals surface area contributed by atoms with Crippen LogP contribution >= 0.6 is 0 Å². The second-order valence-electron chi connectivity index (χ2n) is 8.80. The molecule has 0 bridgehead atoms. The van der Waals surface area contributed by atoms with Crippen LogP contribution in [0, 0.1) is 0 Å². The number of benzene rings is 2. The molecule has 3 aliphatic rings. The Kier molecular flexibility index (Phi) is 5.51. The monoisotopic (exact) mass is 434 g/mol. The molecule has 2 aromatic rings. The number of piperazine rings is 1. The maximum Gasteiger partial charge on any atom is 0.325 e. The van der Waals surface area contributed by atoms with Gasteiger partial charge in [0, 0.05) is 32.7 Å². The van der Waals surface area contributed by atoms with Crippen LogP contribution in [0.3, 0.4) is 0 Å². The van der Waals surface area contributed by atoms with Crippen LogP contribution in [0.2, 0.25) is 0 Å². The zero-order chi connectivity index (χ0) is 22.1. The van der Waals surface area contributed by atoms with Crippen molar-refractivity contribution in [3.05, 3.63) is 59.7 Å². The number of imide groups is 1. The maximum atomic E-state index is 13.3. The number of carbonyl (C=O) groups is 2. The molecule has 5 rings (SSSR count). The summed E-state index contributed by atoms with van der Waals surface area (Å²) in [4.78, 5) is 32.1. The Balaban J connectivity index is 1.14. The minimum Gasteiger partial charge on any atom is -0.495 e. The minimum absolute atomic E-state index is 0.0894. The molecule has 32 heavy (non-hydrogen) atoms. The van der Waals surface area contributed by atoms with E-state index >= 15 is 0 Å². The summed E-state index contributed by atoms with van der Waals surface area (Å²) in [6.07, 6.45) is 2.26. The quantitative estimate of drug-likeness (QED) is 0.708. The van der Waals surface area contributed by atoms with Gasteiger partial charge in [0.25, 0.3) is 5.91 Å². The van der Waals surface area contributed by atoms with Crippen molar-refractivity contribution in [3.63, 3.8) is 0 Å². The van der Waals surface area contributed by atoms with Crippen LogP contribution in [0.5, 0.6) is 5.75 Å². The van der Waals surface area contributed by atoms with Crippen LogP contribution in [0.4, 0.5) is 10.5 Å². The number of hydrogen-bond acceptors (Lipinski definition) is 5. The molecule has 0 saturated carbocycles. The molecule has 1 N–H and O–H groups in total. The minimum atomic E-state index is -0.853. The Labute approximate surface area is 188 Å². The third-order valence-corrected chi connectivity index (χ3v) is 7.08. The summed E-state index contributed by atoms with van der Waals surface area (Å²) in [7, 11) is 1.71. The van der Waals surface area contributed by atoms with Gasteiger partial charge in [0.2, 0.25) is 0 Å². The summed E-state index contributed by atoms with van der Waals surface area (Å²) in [6.45, 7) is 5.11. The summed E-state index contributed by atoms with van der Waals surface area (Å²) in [5.41, 5.74) is 2.41. The number of aryl methyl sites for hydroxylation is 1. The number of carbonyl (C=O) groups excluding carboxylic acids is 2. The van der Waals surface area contributed by atoms with Gasteiger partial charge in [-0.25, -0.2) is 4.79 Å². The number of nitrogens with zero attached hydrogens (tertiary/aromatic N) is 3. The fourth-order valence-electron chi connectivity index (χ4n) is 5.35. The Bertz CT molecular complexity index is 1020. The lowest BCUT2D eigenvalue weighted by Gasteiger charge is -2.36. The van der Waals surface area contributed by atoms with Gasteiger partial charge in [0.05, 0.1) is 12.8 Å². The van der Waals surface area contributed by atoms with E-state index in [0.717, 1.165) is 68.1 Å². The number of rotatable bonds is 6. The van der Waals surface area contributed by atoms with Crippen molar-refractivity contribution in [1.82, 2.24) is 15.1 Å². The topological polar surface area (TPSA) is 65.1 Å². The number of methoxy groups -OCH3 is 1. The number of hydrogen-bond donors (Lipinski definition) is 1.